The lowest BCUT2D eigenvalue weighted by atomic mass is 10.0. The number of piperidine rings is 1. The van der Waals surface area contributed by atoms with Crippen molar-refractivity contribution in [3.05, 3.63) is 0 Å². The van der Waals surface area contributed by atoms with E-state index in [2.05, 4.69) is 18.7 Å². The fourth-order valence-corrected chi connectivity index (χ4v) is 1.81. The van der Waals surface area contributed by atoms with Crippen LogP contribution in [0.25, 0.3) is 0 Å². The molecule has 0 radical (unpaired) electrons. The topological polar surface area (TPSA) is 55.3 Å². The van der Waals surface area contributed by atoms with Crippen molar-refractivity contribution in [3.8, 4) is 0 Å². The van der Waals surface area contributed by atoms with Crippen LogP contribution in [-0.4, -0.2) is 36.1 Å². The number of likely N-dealkylation sites (tertiary alicyclic amines) is 1. The zero-order valence-corrected chi connectivity index (χ0v) is 9.44. The summed E-state index contributed by atoms with van der Waals surface area (Å²) in [6, 6.07) is 0.362. The fourth-order valence-electron chi connectivity index (χ4n) is 1.81. The van der Waals surface area contributed by atoms with Crippen LogP contribution < -0.4 is 11.5 Å². The first-order chi connectivity index (χ1) is 5.47. The number of rotatable bonds is 2. The Bertz CT molecular complexity index is 144. The van der Waals surface area contributed by atoms with E-state index in [-0.39, 0.29) is 17.9 Å². The summed E-state index contributed by atoms with van der Waals surface area (Å²) in [6.07, 6.45) is 2.39. The molecule has 0 aromatic heterocycles. The third-order valence-electron chi connectivity index (χ3n) is 2.17. The van der Waals surface area contributed by atoms with E-state index in [0.29, 0.717) is 6.04 Å². The minimum Gasteiger partial charge on any atom is -0.327 e. The Morgan fingerprint density at radius 3 is 2.54 bits per heavy atom. The Labute approximate surface area is 87.2 Å². The van der Waals surface area contributed by atoms with Gasteiger partial charge < -0.3 is 11.5 Å². The summed E-state index contributed by atoms with van der Waals surface area (Å²) in [6.45, 7) is 7.26. The van der Waals surface area contributed by atoms with Crippen molar-refractivity contribution in [2.24, 2.45) is 11.5 Å². The zero-order chi connectivity index (χ0) is 9.19. The van der Waals surface area contributed by atoms with Crippen LogP contribution in [-0.2, 0) is 0 Å². The van der Waals surface area contributed by atoms with Crippen LogP contribution in [0, 0.1) is 0 Å². The molecule has 1 heterocycles. The highest BCUT2D eigenvalue weighted by molar-refractivity contribution is 5.85. The van der Waals surface area contributed by atoms with Crippen molar-refractivity contribution in [1.82, 2.24) is 4.90 Å². The van der Waals surface area contributed by atoms with Gasteiger partial charge in [0.25, 0.3) is 0 Å². The predicted octanol–water partition coefficient (Wildman–Crippen LogP) is 0.569. The van der Waals surface area contributed by atoms with Gasteiger partial charge in [-0.3, -0.25) is 4.90 Å². The van der Waals surface area contributed by atoms with Crippen LogP contribution in [0.5, 0.6) is 0 Å². The molecule has 4 N–H and O–H groups in total. The molecule has 0 bridgehead atoms. The maximum absolute atomic E-state index is 5.93. The molecule has 1 unspecified atom stereocenters. The van der Waals surface area contributed by atoms with E-state index in [9.17, 15) is 0 Å². The number of nitrogens with two attached hydrogens (primary N) is 2. The van der Waals surface area contributed by atoms with Gasteiger partial charge >= 0.3 is 0 Å². The minimum atomic E-state index is -0.0862. The number of nitrogens with zero attached hydrogens (tertiary/aromatic N) is 1. The van der Waals surface area contributed by atoms with Gasteiger partial charge in [0, 0.05) is 24.7 Å². The first-order valence-corrected chi connectivity index (χ1v) is 4.74. The molecule has 80 valence electrons. The van der Waals surface area contributed by atoms with Gasteiger partial charge in [-0.05, 0) is 33.2 Å². The van der Waals surface area contributed by atoms with E-state index in [1.165, 1.54) is 12.8 Å². The van der Waals surface area contributed by atoms with Crippen molar-refractivity contribution in [2.45, 2.75) is 38.3 Å². The molecule has 1 atom stereocenters. The van der Waals surface area contributed by atoms with Crippen molar-refractivity contribution in [1.29, 1.82) is 0 Å². The van der Waals surface area contributed by atoms with Gasteiger partial charge in [-0.25, -0.2) is 0 Å². The standard InChI is InChI=1S/C9H21N3.ClH/c1-9(2,11)7-12-5-3-4-8(10)6-12;/h8H,3-7,10-11H2,1-2H3;1H. The molecule has 0 spiro atoms. The van der Waals surface area contributed by atoms with Crippen molar-refractivity contribution >= 4 is 12.4 Å². The van der Waals surface area contributed by atoms with Gasteiger partial charge in [0.2, 0.25) is 0 Å². The molecule has 3 nitrogen and oxygen atoms in total. The fraction of sp³-hybridized carbons (Fsp3) is 1.00. The quantitative estimate of drug-likeness (QED) is 0.696. The van der Waals surface area contributed by atoms with Gasteiger partial charge in [0.15, 0.2) is 0 Å². The van der Waals surface area contributed by atoms with Gasteiger partial charge in [0.1, 0.15) is 0 Å². The molecular formula is C9H22ClN3. The Morgan fingerprint density at radius 1 is 1.46 bits per heavy atom. The van der Waals surface area contributed by atoms with Gasteiger partial charge in [-0.2, -0.15) is 0 Å². The number of hydrogen-bond acceptors (Lipinski definition) is 3. The maximum atomic E-state index is 5.93. The highest BCUT2D eigenvalue weighted by Crippen LogP contribution is 2.10. The lowest BCUT2D eigenvalue weighted by Crippen LogP contribution is -2.51. The molecule has 0 aromatic carbocycles. The molecule has 1 aliphatic rings. The Kier molecular flexibility index (Phi) is 5.22. The molecule has 0 amide bonds. The van der Waals surface area contributed by atoms with Crippen LogP contribution in [0.2, 0.25) is 0 Å². The summed E-state index contributed by atoms with van der Waals surface area (Å²) in [5.74, 6) is 0. The Hall–Kier alpha value is 0.170. The predicted molar refractivity (Wildman–Crippen MR) is 59.2 cm³/mol. The smallest absolute Gasteiger partial charge is 0.0226 e. The first kappa shape index (κ1) is 13.2. The average molecular weight is 208 g/mol. The summed E-state index contributed by atoms with van der Waals surface area (Å²) in [7, 11) is 0. The van der Waals surface area contributed by atoms with Crippen LogP contribution in [0.1, 0.15) is 26.7 Å². The van der Waals surface area contributed by atoms with E-state index in [1.807, 2.05) is 0 Å². The molecule has 1 saturated heterocycles. The average Bonchev–Trinajstić information content (AvgIpc) is 1.82. The maximum Gasteiger partial charge on any atom is 0.0226 e. The summed E-state index contributed by atoms with van der Waals surface area (Å²) >= 11 is 0. The summed E-state index contributed by atoms with van der Waals surface area (Å²) in [5, 5.41) is 0. The van der Waals surface area contributed by atoms with Crippen LogP contribution >= 0.6 is 12.4 Å². The lowest BCUT2D eigenvalue weighted by molar-refractivity contribution is 0.177. The molecule has 0 aromatic rings. The molecule has 0 saturated carbocycles. The molecule has 4 heteroatoms. The Balaban J connectivity index is 0.00000144. The normalized spacial score (nSPS) is 25.4. The largest absolute Gasteiger partial charge is 0.327 e. The highest BCUT2D eigenvalue weighted by Gasteiger charge is 2.21. The van der Waals surface area contributed by atoms with E-state index in [1.54, 1.807) is 0 Å². The first-order valence-electron chi connectivity index (χ1n) is 4.74. The third-order valence-corrected chi connectivity index (χ3v) is 2.17. The molecule has 1 rings (SSSR count). The second-order valence-corrected chi connectivity index (χ2v) is 4.63. The molecule has 13 heavy (non-hydrogen) atoms. The monoisotopic (exact) mass is 207 g/mol. The van der Waals surface area contributed by atoms with E-state index in [0.717, 1.165) is 19.6 Å². The van der Waals surface area contributed by atoms with Gasteiger partial charge in [0.05, 0.1) is 0 Å². The summed E-state index contributed by atoms with van der Waals surface area (Å²) in [4.78, 5) is 2.37. The van der Waals surface area contributed by atoms with Crippen molar-refractivity contribution in [3.63, 3.8) is 0 Å². The Morgan fingerprint density at radius 2 is 2.08 bits per heavy atom. The second kappa shape index (κ2) is 5.15. The number of halogens is 1. The van der Waals surface area contributed by atoms with Crippen LogP contribution in [0.4, 0.5) is 0 Å². The molecule has 1 aliphatic heterocycles. The third kappa shape index (κ3) is 5.47. The SMILES string of the molecule is CC(C)(N)CN1CCCC(N)C1.Cl. The second-order valence-electron chi connectivity index (χ2n) is 4.63. The highest BCUT2D eigenvalue weighted by atomic mass is 35.5. The van der Waals surface area contributed by atoms with Crippen LogP contribution in [0.15, 0.2) is 0 Å². The number of hydrogen-bond donors (Lipinski definition) is 2. The molecule has 1 fully saturated rings. The van der Waals surface area contributed by atoms with Gasteiger partial charge in [-0.15, -0.1) is 12.4 Å². The van der Waals surface area contributed by atoms with E-state index in [4.69, 9.17) is 11.5 Å². The van der Waals surface area contributed by atoms with E-state index >= 15 is 0 Å². The van der Waals surface area contributed by atoms with E-state index < -0.39 is 0 Å². The minimum absolute atomic E-state index is 0. The van der Waals surface area contributed by atoms with Crippen molar-refractivity contribution in [2.75, 3.05) is 19.6 Å². The molecular weight excluding hydrogens is 186 g/mol. The molecule has 0 aliphatic carbocycles. The van der Waals surface area contributed by atoms with Gasteiger partial charge in [-0.1, -0.05) is 0 Å². The zero-order valence-electron chi connectivity index (χ0n) is 8.62. The van der Waals surface area contributed by atoms with Crippen LogP contribution in [0.3, 0.4) is 0 Å². The lowest BCUT2D eigenvalue weighted by Gasteiger charge is -2.35. The summed E-state index contributed by atoms with van der Waals surface area (Å²) < 4.78 is 0. The van der Waals surface area contributed by atoms with Crippen molar-refractivity contribution < 1.29 is 0 Å². The summed E-state index contributed by atoms with van der Waals surface area (Å²) in [5.41, 5.74) is 11.7.